The van der Waals surface area contributed by atoms with Crippen molar-refractivity contribution in [3.05, 3.63) is 77.3 Å². The van der Waals surface area contributed by atoms with Gasteiger partial charge in [-0.25, -0.2) is 4.98 Å². The molecule has 2 aromatic carbocycles. The molecule has 0 aliphatic carbocycles. The molecule has 30 heavy (non-hydrogen) atoms. The zero-order valence-electron chi connectivity index (χ0n) is 17.2. The summed E-state index contributed by atoms with van der Waals surface area (Å²) < 4.78 is 9.21. The van der Waals surface area contributed by atoms with E-state index in [0.717, 1.165) is 34.7 Å². The second-order valence-electron chi connectivity index (χ2n) is 7.06. The van der Waals surface area contributed by atoms with Crippen molar-refractivity contribution in [3.8, 4) is 11.4 Å². The van der Waals surface area contributed by atoms with Crippen LogP contribution in [0.15, 0.2) is 60.8 Å². The molecule has 4 rings (SSSR count). The Morgan fingerprint density at radius 1 is 1.17 bits per heavy atom. The lowest BCUT2D eigenvalue weighted by Gasteiger charge is -2.19. The molecule has 1 amide bonds. The summed E-state index contributed by atoms with van der Waals surface area (Å²) >= 11 is 6.20. The molecule has 7 heteroatoms. The Morgan fingerprint density at radius 2 is 1.93 bits per heavy atom. The van der Waals surface area contributed by atoms with Crippen LogP contribution in [0.25, 0.3) is 16.7 Å². The SMILES string of the molecule is CCn1c(Cl)nc2cc(C(=O)N(C)Cc3cccn3-c3ccc(OC)cc3)ccc21. The molecule has 0 fully saturated rings. The number of ether oxygens (including phenoxy) is 1. The van der Waals surface area contributed by atoms with E-state index in [9.17, 15) is 4.79 Å². The molecule has 0 aliphatic rings. The van der Waals surface area contributed by atoms with Gasteiger partial charge in [0.05, 0.1) is 24.7 Å². The molecule has 2 aromatic heterocycles. The summed E-state index contributed by atoms with van der Waals surface area (Å²) in [6.45, 7) is 3.21. The first-order chi connectivity index (χ1) is 14.5. The molecule has 154 valence electrons. The largest absolute Gasteiger partial charge is 0.497 e. The molecule has 0 atom stereocenters. The summed E-state index contributed by atoms with van der Waals surface area (Å²) in [6, 6.07) is 17.3. The van der Waals surface area contributed by atoms with Gasteiger partial charge in [0.25, 0.3) is 5.91 Å². The van der Waals surface area contributed by atoms with Crippen LogP contribution in [0.3, 0.4) is 0 Å². The molecule has 0 aliphatic heterocycles. The summed E-state index contributed by atoms with van der Waals surface area (Å²) in [5.41, 5.74) is 4.26. The van der Waals surface area contributed by atoms with Crippen molar-refractivity contribution in [2.75, 3.05) is 14.2 Å². The van der Waals surface area contributed by atoms with Crippen molar-refractivity contribution >= 4 is 28.5 Å². The smallest absolute Gasteiger partial charge is 0.254 e. The minimum Gasteiger partial charge on any atom is -0.497 e. The molecule has 6 nitrogen and oxygen atoms in total. The lowest BCUT2D eigenvalue weighted by Crippen LogP contribution is -2.27. The Balaban J connectivity index is 1.56. The van der Waals surface area contributed by atoms with E-state index in [2.05, 4.69) is 9.55 Å². The van der Waals surface area contributed by atoms with Crippen LogP contribution in [0, 0.1) is 0 Å². The van der Waals surface area contributed by atoms with Crippen LogP contribution >= 0.6 is 11.6 Å². The number of hydrogen-bond acceptors (Lipinski definition) is 3. The second kappa shape index (κ2) is 8.24. The zero-order chi connectivity index (χ0) is 21.3. The first-order valence-corrected chi connectivity index (χ1v) is 10.1. The molecule has 0 saturated carbocycles. The van der Waals surface area contributed by atoms with Crippen molar-refractivity contribution in [2.45, 2.75) is 20.0 Å². The number of rotatable bonds is 6. The summed E-state index contributed by atoms with van der Waals surface area (Å²) in [5, 5.41) is 0.433. The van der Waals surface area contributed by atoms with Crippen LogP contribution < -0.4 is 4.74 Å². The molecule has 0 radical (unpaired) electrons. The molecular formula is C23H23ClN4O2. The maximum atomic E-state index is 13.0. The van der Waals surface area contributed by atoms with Crippen molar-refractivity contribution in [3.63, 3.8) is 0 Å². The average molecular weight is 423 g/mol. The van der Waals surface area contributed by atoms with Gasteiger partial charge in [-0.1, -0.05) is 0 Å². The number of imidazole rings is 1. The van der Waals surface area contributed by atoms with Crippen LogP contribution in [0.4, 0.5) is 0 Å². The highest BCUT2D eigenvalue weighted by Gasteiger charge is 2.16. The summed E-state index contributed by atoms with van der Waals surface area (Å²) in [7, 11) is 3.45. The molecule has 0 saturated heterocycles. The minimum absolute atomic E-state index is 0.0680. The fourth-order valence-electron chi connectivity index (χ4n) is 3.61. The highest BCUT2D eigenvalue weighted by atomic mass is 35.5. The van der Waals surface area contributed by atoms with E-state index >= 15 is 0 Å². The lowest BCUT2D eigenvalue weighted by molar-refractivity contribution is 0.0783. The third-order valence-corrected chi connectivity index (χ3v) is 5.48. The Kier molecular flexibility index (Phi) is 5.50. The molecule has 4 aromatic rings. The number of methoxy groups -OCH3 is 1. The van der Waals surface area contributed by atoms with E-state index in [-0.39, 0.29) is 5.91 Å². The Morgan fingerprint density at radius 3 is 2.63 bits per heavy atom. The average Bonchev–Trinajstić information content (AvgIpc) is 3.35. The number of fused-ring (bicyclic) bond motifs is 1. The molecule has 0 N–H and O–H groups in total. The van der Waals surface area contributed by atoms with Gasteiger partial charge >= 0.3 is 0 Å². The minimum atomic E-state index is -0.0680. The van der Waals surface area contributed by atoms with Gasteiger partial charge in [0, 0.05) is 36.7 Å². The number of hydrogen-bond donors (Lipinski definition) is 0. The van der Waals surface area contributed by atoms with Crippen LogP contribution in [0.5, 0.6) is 5.75 Å². The Labute approximate surface area is 180 Å². The summed E-state index contributed by atoms with van der Waals surface area (Å²) in [6.07, 6.45) is 1.99. The lowest BCUT2D eigenvalue weighted by atomic mass is 10.1. The fraction of sp³-hybridized carbons (Fsp3) is 0.217. The molecule has 2 heterocycles. The van der Waals surface area contributed by atoms with Gasteiger partial charge in [-0.2, -0.15) is 0 Å². The fourth-order valence-corrected chi connectivity index (χ4v) is 3.91. The summed E-state index contributed by atoms with van der Waals surface area (Å²) in [5.74, 6) is 0.738. The van der Waals surface area contributed by atoms with E-state index in [1.807, 2.05) is 66.2 Å². The van der Waals surface area contributed by atoms with Gasteiger partial charge in [0.15, 0.2) is 0 Å². The van der Waals surface area contributed by atoms with E-state index in [1.54, 1.807) is 25.1 Å². The van der Waals surface area contributed by atoms with Gasteiger partial charge < -0.3 is 18.8 Å². The number of benzene rings is 2. The predicted octanol–water partition coefficient (Wildman–Crippen LogP) is 4.78. The number of nitrogens with zero attached hydrogens (tertiary/aromatic N) is 4. The molecule has 0 spiro atoms. The maximum Gasteiger partial charge on any atom is 0.254 e. The monoisotopic (exact) mass is 422 g/mol. The van der Waals surface area contributed by atoms with Gasteiger partial charge in [0.1, 0.15) is 5.75 Å². The third kappa shape index (κ3) is 3.66. The maximum absolute atomic E-state index is 13.0. The van der Waals surface area contributed by atoms with Crippen molar-refractivity contribution < 1.29 is 9.53 Å². The van der Waals surface area contributed by atoms with Crippen LogP contribution in [-0.4, -0.2) is 39.1 Å². The van der Waals surface area contributed by atoms with Crippen LogP contribution in [-0.2, 0) is 13.1 Å². The first kappa shape index (κ1) is 20.0. The number of carbonyl (C=O) groups is 1. The van der Waals surface area contributed by atoms with Crippen LogP contribution in [0.2, 0.25) is 5.28 Å². The second-order valence-corrected chi connectivity index (χ2v) is 7.40. The Hall–Kier alpha value is -3.25. The predicted molar refractivity (Wildman–Crippen MR) is 119 cm³/mol. The normalized spacial score (nSPS) is 11.1. The number of aryl methyl sites for hydroxylation is 1. The highest BCUT2D eigenvalue weighted by molar-refractivity contribution is 6.29. The van der Waals surface area contributed by atoms with E-state index in [1.165, 1.54) is 0 Å². The van der Waals surface area contributed by atoms with Gasteiger partial charge in [-0.05, 0) is 73.1 Å². The summed E-state index contributed by atoms with van der Waals surface area (Å²) in [4.78, 5) is 19.1. The standard InChI is InChI=1S/C23H23ClN4O2/c1-4-27-21-12-7-16(14-20(21)25-23(27)24)22(29)26(2)15-18-6-5-13-28(18)17-8-10-19(30-3)11-9-17/h5-14H,4,15H2,1-3H3. The van der Waals surface area contributed by atoms with E-state index in [4.69, 9.17) is 16.3 Å². The molecule has 0 unspecified atom stereocenters. The van der Waals surface area contributed by atoms with Crippen molar-refractivity contribution in [1.29, 1.82) is 0 Å². The van der Waals surface area contributed by atoms with Gasteiger partial charge in [-0.15, -0.1) is 0 Å². The third-order valence-electron chi connectivity index (χ3n) is 5.19. The number of halogens is 1. The quantitative estimate of drug-likeness (QED) is 0.449. The number of carbonyl (C=O) groups excluding carboxylic acids is 1. The number of amides is 1. The topological polar surface area (TPSA) is 52.3 Å². The molecule has 0 bridgehead atoms. The zero-order valence-corrected chi connectivity index (χ0v) is 17.9. The van der Waals surface area contributed by atoms with Crippen molar-refractivity contribution in [2.24, 2.45) is 0 Å². The number of aromatic nitrogens is 3. The van der Waals surface area contributed by atoms with Gasteiger partial charge in [0.2, 0.25) is 5.28 Å². The first-order valence-electron chi connectivity index (χ1n) is 9.73. The molecular weight excluding hydrogens is 400 g/mol. The highest BCUT2D eigenvalue weighted by Crippen LogP contribution is 2.22. The van der Waals surface area contributed by atoms with Crippen molar-refractivity contribution in [1.82, 2.24) is 19.0 Å². The van der Waals surface area contributed by atoms with E-state index in [0.29, 0.717) is 17.4 Å². The Bertz CT molecular complexity index is 1190. The van der Waals surface area contributed by atoms with Crippen LogP contribution in [0.1, 0.15) is 23.0 Å². The van der Waals surface area contributed by atoms with E-state index < -0.39 is 0 Å². The van der Waals surface area contributed by atoms with Gasteiger partial charge in [-0.3, -0.25) is 4.79 Å².